The second kappa shape index (κ2) is 9.88. The predicted octanol–water partition coefficient (Wildman–Crippen LogP) is 3.78. The molecule has 0 bridgehead atoms. The molecule has 0 unspecified atom stereocenters. The lowest BCUT2D eigenvalue weighted by Crippen LogP contribution is -2.44. The van der Waals surface area contributed by atoms with E-state index in [1.165, 1.54) is 9.13 Å². The van der Waals surface area contributed by atoms with Gasteiger partial charge in [-0.2, -0.15) is 0 Å². The Hall–Kier alpha value is -3.64. The second-order valence-corrected chi connectivity index (χ2v) is 8.45. The van der Waals surface area contributed by atoms with E-state index in [1.807, 2.05) is 49.4 Å². The molecule has 6 nitrogen and oxygen atoms in total. The third-order valence-electron chi connectivity index (χ3n) is 5.67. The lowest BCUT2D eigenvalue weighted by Gasteiger charge is -2.16. The van der Waals surface area contributed by atoms with Crippen molar-refractivity contribution in [3.63, 3.8) is 0 Å². The second-order valence-electron chi connectivity index (χ2n) is 8.01. The van der Waals surface area contributed by atoms with Crippen molar-refractivity contribution in [2.24, 2.45) is 0 Å². The van der Waals surface area contributed by atoms with Crippen LogP contribution in [0.25, 0.3) is 11.0 Å². The van der Waals surface area contributed by atoms with Gasteiger partial charge in [-0.3, -0.25) is 23.5 Å². The smallest absolute Gasteiger partial charge is 0.317 e. The standard InChI is InChI=1S/C26H24ClN3O3/c1-18(20-7-3-2-4-8-20)15-28-24(31)17-30-23-10-6-5-9-22(23)29(25(32)26(30)33)16-19-11-13-21(27)14-12-19/h2-14,18H,15-17H2,1H3,(H,28,31)/t18-/m1/s1. The van der Waals surface area contributed by atoms with Crippen LogP contribution in [-0.2, 0) is 17.9 Å². The highest BCUT2D eigenvalue weighted by Gasteiger charge is 2.16. The highest BCUT2D eigenvalue weighted by Crippen LogP contribution is 2.15. The van der Waals surface area contributed by atoms with Crippen molar-refractivity contribution in [2.75, 3.05) is 6.54 Å². The summed E-state index contributed by atoms with van der Waals surface area (Å²) in [6.07, 6.45) is 0. The molecule has 4 rings (SSSR count). The number of hydrogen-bond acceptors (Lipinski definition) is 3. The lowest BCUT2D eigenvalue weighted by atomic mass is 10.0. The average molecular weight is 462 g/mol. The van der Waals surface area contributed by atoms with Gasteiger partial charge in [0.1, 0.15) is 6.54 Å². The Labute approximate surface area is 196 Å². The van der Waals surface area contributed by atoms with Crippen molar-refractivity contribution in [3.8, 4) is 0 Å². The first-order valence-corrected chi connectivity index (χ1v) is 11.1. The summed E-state index contributed by atoms with van der Waals surface area (Å²) in [5.74, 6) is -0.198. The first kappa shape index (κ1) is 22.6. The summed E-state index contributed by atoms with van der Waals surface area (Å²) < 4.78 is 2.69. The Morgan fingerprint density at radius 1 is 0.848 bits per heavy atom. The molecular formula is C26H24ClN3O3. The molecule has 1 amide bonds. The minimum atomic E-state index is -0.728. The topological polar surface area (TPSA) is 73.1 Å². The minimum absolute atomic E-state index is 0.121. The molecule has 1 N–H and O–H groups in total. The fourth-order valence-corrected chi connectivity index (χ4v) is 3.95. The minimum Gasteiger partial charge on any atom is -0.354 e. The number of aromatic nitrogens is 2. The molecule has 0 aliphatic carbocycles. The third-order valence-corrected chi connectivity index (χ3v) is 5.92. The van der Waals surface area contributed by atoms with Crippen LogP contribution in [0.4, 0.5) is 0 Å². The Balaban J connectivity index is 1.60. The Morgan fingerprint density at radius 2 is 1.42 bits per heavy atom. The van der Waals surface area contributed by atoms with E-state index < -0.39 is 11.1 Å². The van der Waals surface area contributed by atoms with Crippen LogP contribution in [0, 0.1) is 0 Å². The van der Waals surface area contributed by atoms with Gasteiger partial charge in [0.2, 0.25) is 5.91 Å². The number of nitrogens with zero attached hydrogens (tertiary/aromatic N) is 2. The number of carbonyl (C=O) groups excluding carboxylic acids is 1. The molecule has 0 aliphatic heterocycles. The van der Waals surface area contributed by atoms with Crippen molar-refractivity contribution in [1.29, 1.82) is 0 Å². The van der Waals surface area contributed by atoms with Gasteiger partial charge in [-0.15, -0.1) is 0 Å². The van der Waals surface area contributed by atoms with Gasteiger partial charge < -0.3 is 5.32 Å². The van der Waals surface area contributed by atoms with E-state index in [0.717, 1.165) is 11.1 Å². The summed E-state index contributed by atoms with van der Waals surface area (Å²) in [6.45, 7) is 2.46. The molecule has 168 valence electrons. The van der Waals surface area contributed by atoms with Gasteiger partial charge in [-0.05, 0) is 41.3 Å². The van der Waals surface area contributed by atoms with Gasteiger partial charge in [0.25, 0.3) is 0 Å². The molecule has 1 aromatic heterocycles. The van der Waals surface area contributed by atoms with Crippen molar-refractivity contribution in [1.82, 2.24) is 14.5 Å². The summed E-state index contributed by atoms with van der Waals surface area (Å²) >= 11 is 5.96. The summed E-state index contributed by atoms with van der Waals surface area (Å²) in [6, 6.07) is 24.1. The number of fused-ring (bicyclic) bond motifs is 1. The monoisotopic (exact) mass is 461 g/mol. The molecule has 3 aromatic carbocycles. The molecule has 0 saturated carbocycles. The zero-order valence-corrected chi connectivity index (χ0v) is 19.0. The Morgan fingerprint density at radius 3 is 2.09 bits per heavy atom. The molecule has 1 heterocycles. The Kier molecular flexibility index (Phi) is 6.75. The van der Waals surface area contributed by atoms with Gasteiger partial charge >= 0.3 is 11.1 Å². The van der Waals surface area contributed by atoms with Crippen LogP contribution >= 0.6 is 11.6 Å². The van der Waals surface area contributed by atoms with E-state index in [-0.39, 0.29) is 24.9 Å². The van der Waals surface area contributed by atoms with Gasteiger partial charge in [0.05, 0.1) is 17.6 Å². The van der Waals surface area contributed by atoms with Crippen molar-refractivity contribution >= 4 is 28.5 Å². The maximum absolute atomic E-state index is 13.0. The molecule has 0 fully saturated rings. The van der Waals surface area contributed by atoms with Crippen LogP contribution in [0.2, 0.25) is 5.02 Å². The molecule has 0 aliphatic rings. The predicted molar refractivity (Wildman–Crippen MR) is 131 cm³/mol. The average Bonchev–Trinajstić information content (AvgIpc) is 2.84. The largest absolute Gasteiger partial charge is 0.354 e. The fraction of sp³-hybridized carbons (Fsp3) is 0.192. The summed E-state index contributed by atoms with van der Waals surface area (Å²) in [5, 5.41) is 3.48. The normalized spacial score (nSPS) is 11.9. The summed E-state index contributed by atoms with van der Waals surface area (Å²) in [7, 11) is 0. The highest BCUT2D eigenvalue weighted by molar-refractivity contribution is 6.30. The van der Waals surface area contributed by atoms with Gasteiger partial charge in [-0.25, -0.2) is 0 Å². The van der Waals surface area contributed by atoms with E-state index in [1.54, 1.807) is 36.4 Å². The maximum Gasteiger partial charge on any atom is 0.317 e. The quantitative estimate of drug-likeness (QED) is 0.426. The summed E-state index contributed by atoms with van der Waals surface area (Å²) in [5.41, 5.74) is 1.68. The molecule has 7 heteroatoms. The number of rotatable bonds is 7. The third kappa shape index (κ3) is 5.07. The first-order chi connectivity index (χ1) is 15.9. The zero-order valence-electron chi connectivity index (χ0n) is 18.2. The van der Waals surface area contributed by atoms with Crippen LogP contribution < -0.4 is 16.4 Å². The SMILES string of the molecule is C[C@H](CNC(=O)Cn1c(=O)c(=O)n(Cc2ccc(Cl)cc2)c2ccccc21)c1ccccc1. The molecular weight excluding hydrogens is 438 g/mol. The highest BCUT2D eigenvalue weighted by atomic mass is 35.5. The van der Waals surface area contributed by atoms with Crippen LogP contribution in [0.5, 0.6) is 0 Å². The van der Waals surface area contributed by atoms with Crippen molar-refractivity contribution in [3.05, 3.63) is 116 Å². The van der Waals surface area contributed by atoms with E-state index in [2.05, 4.69) is 5.32 Å². The first-order valence-electron chi connectivity index (χ1n) is 10.7. The molecule has 0 saturated heterocycles. The van der Waals surface area contributed by atoms with Crippen LogP contribution in [0.15, 0.2) is 88.5 Å². The summed E-state index contributed by atoms with van der Waals surface area (Å²) in [4.78, 5) is 38.6. The number of hydrogen-bond donors (Lipinski definition) is 1. The van der Waals surface area contributed by atoms with Gasteiger partial charge in [0.15, 0.2) is 0 Å². The van der Waals surface area contributed by atoms with Crippen molar-refractivity contribution < 1.29 is 4.79 Å². The molecule has 4 aromatic rings. The van der Waals surface area contributed by atoms with E-state index in [4.69, 9.17) is 11.6 Å². The maximum atomic E-state index is 13.0. The lowest BCUT2D eigenvalue weighted by molar-refractivity contribution is -0.121. The zero-order chi connectivity index (χ0) is 23.4. The number of halogens is 1. The van der Waals surface area contributed by atoms with Crippen LogP contribution in [-0.4, -0.2) is 21.6 Å². The molecule has 0 spiro atoms. The molecule has 0 radical (unpaired) electrons. The van der Waals surface area contributed by atoms with Crippen LogP contribution in [0.3, 0.4) is 0 Å². The molecule has 33 heavy (non-hydrogen) atoms. The van der Waals surface area contributed by atoms with Gasteiger partial charge in [0, 0.05) is 11.6 Å². The number of amides is 1. The number of para-hydroxylation sites is 2. The number of carbonyl (C=O) groups is 1. The van der Waals surface area contributed by atoms with E-state index >= 15 is 0 Å². The number of nitrogens with one attached hydrogen (secondary N) is 1. The van der Waals surface area contributed by atoms with Gasteiger partial charge in [-0.1, -0.05) is 73.1 Å². The van der Waals surface area contributed by atoms with Crippen molar-refractivity contribution in [2.45, 2.75) is 25.9 Å². The van der Waals surface area contributed by atoms with E-state index in [9.17, 15) is 14.4 Å². The number of benzene rings is 3. The Bertz CT molecular complexity index is 1390. The van der Waals surface area contributed by atoms with Crippen LogP contribution in [0.1, 0.15) is 24.0 Å². The fourth-order valence-electron chi connectivity index (χ4n) is 3.82. The van der Waals surface area contributed by atoms with E-state index in [0.29, 0.717) is 22.6 Å². The molecule has 1 atom stereocenters.